The maximum Gasteiger partial charge on any atom is 0.0994 e. The molecule has 3 nitrogen and oxygen atoms in total. The molecule has 0 aliphatic carbocycles. The summed E-state index contributed by atoms with van der Waals surface area (Å²) < 4.78 is 2.08. The van der Waals surface area contributed by atoms with Gasteiger partial charge in [-0.3, -0.25) is 0 Å². The average Bonchev–Trinajstić information content (AvgIpc) is 2.79. The Bertz CT molecular complexity index is 502. The molecule has 96 valence electrons. The molecule has 0 fully saturated rings. The van der Waals surface area contributed by atoms with Crippen LogP contribution in [0.25, 0.3) is 5.69 Å². The first-order chi connectivity index (χ1) is 8.63. The number of nitrogens with zero attached hydrogens (tertiary/aromatic N) is 2. The average molecular weight is 264 g/mol. The van der Waals surface area contributed by atoms with E-state index < -0.39 is 0 Å². The van der Waals surface area contributed by atoms with Gasteiger partial charge in [0.05, 0.1) is 6.33 Å². The monoisotopic (exact) mass is 263 g/mol. The first-order valence-electron chi connectivity index (χ1n) is 6.11. The van der Waals surface area contributed by atoms with Crippen LogP contribution in [0, 0.1) is 5.92 Å². The molecule has 4 heteroatoms. The topological polar surface area (TPSA) is 43.8 Å². The SMILES string of the molecule is CC(C)C(CN)c1cncn1-c1ccc(Cl)cc1. The standard InChI is InChI=1S/C14H18ClN3/c1-10(2)13(7-16)14-8-17-9-18(14)12-5-3-11(15)4-6-12/h3-6,8-10,13H,7,16H2,1-2H3. The predicted molar refractivity (Wildman–Crippen MR) is 75.2 cm³/mol. The Morgan fingerprint density at radius 3 is 2.50 bits per heavy atom. The van der Waals surface area contributed by atoms with Crippen LogP contribution in [0.3, 0.4) is 0 Å². The minimum atomic E-state index is 0.308. The van der Waals surface area contributed by atoms with Gasteiger partial charge in [-0.1, -0.05) is 25.4 Å². The number of aromatic nitrogens is 2. The van der Waals surface area contributed by atoms with E-state index in [0.717, 1.165) is 16.4 Å². The van der Waals surface area contributed by atoms with E-state index >= 15 is 0 Å². The number of imidazole rings is 1. The van der Waals surface area contributed by atoms with Gasteiger partial charge in [0.25, 0.3) is 0 Å². The number of hydrogen-bond acceptors (Lipinski definition) is 2. The number of nitrogens with two attached hydrogens (primary N) is 1. The van der Waals surface area contributed by atoms with Crippen LogP contribution in [0.1, 0.15) is 25.5 Å². The lowest BCUT2D eigenvalue weighted by Gasteiger charge is -2.20. The van der Waals surface area contributed by atoms with Crippen LogP contribution in [-0.4, -0.2) is 16.1 Å². The zero-order chi connectivity index (χ0) is 13.1. The minimum Gasteiger partial charge on any atom is -0.330 e. The van der Waals surface area contributed by atoms with Crippen LogP contribution in [-0.2, 0) is 0 Å². The molecule has 1 aromatic carbocycles. The van der Waals surface area contributed by atoms with Gasteiger partial charge in [-0.05, 0) is 30.2 Å². The molecule has 0 amide bonds. The summed E-state index contributed by atoms with van der Waals surface area (Å²) in [5.74, 6) is 0.793. The molecule has 18 heavy (non-hydrogen) atoms. The van der Waals surface area contributed by atoms with E-state index in [4.69, 9.17) is 17.3 Å². The van der Waals surface area contributed by atoms with Crippen LogP contribution < -0.4 is 5.73 Å². The molecule has 1 atom stereocenters. The van der Waals surface area contributed by atoms with Crippen molar-refractivity contribution < 1.29 is 0 Å². The van der Waals surface area contributed by atoms with Crippen LogP contribution in [0.4, 0.5) is 0 Å². The summed E-state index contributed by atoms with van der Waals surface area (Å²) >= 11 is 5.91. The van der Waals surface area contributed by atoms with Gasteiger partial charge < -0.3 is 10.3 Å². The molecule has 2 aromatic rings. The lowest BCUT2D eigenvalue weighted by Crippen LogP contribution is -2.20. The first kappa shape index (κ1) is 13.1. The van der Waals surface area contributed by atoms with Gasteiger partial charge in [0.2, 0.25) is 0 Å². The minimum absolute atomic E-state index is 0.308. The molecular formula is C14H18ClN3. The second kappa shape index (κ2) is 5.55. The Morgan fingerprint density at radius 1 is 1.28 bits per heavy atom. The molecule has 0 aliphatic heterocycles. The van der Waals surface area contributed by atoms with E-state index in [9.17, 15) is 0 Å². The van der Waals surface area contributed by atoms with E-state index in [1.54, 1.807) is 0 Å². The van der Waals surface area contributed by atoms with E-state index in [2.05, 4.69) is 23.4 Å². The summed E-state index contributed by atoms with van der Waals surface area (Å²) in [6.07, 6.45) is 3.72. The number of rotatable bonds is 4. The largest absolute Gasteiger partial charge is 0.330 e. The van der Waals surface area contributed by atoms with Crippen LogP contribution >= 0.6 is 11.6 Å². The molecule has 0 saturated heterocycles. The van der Waals surface area contributed by atoms with E-state index in [1.165, 1.54) is 0 Å². The van der Waals surface area contributed by atoms with Crippen molar-refractivity contribution >= 4 is 11.6 Å². The molecule has 2 N–H and O–H groups in total. The fourth-order valence-electron chi connectivity index (χ4n) is 2.13. The van der Waals surface area contributed by atoms with Crippen LogP contribution in [0.5, 0.6) is 0 Å². The summed E-state index contributed by atoms with van der Waals surface area (Å²) in [6.45, 7) is 4.98. The zero-order valence-electron chi connectivity index (χ0n) is 10.7. The van der Waals surface area contributed by atoms with Gasteiger partial charge in [-0.15, -0.1) is 0 Å². The highest BCUT2D eigenvalue weighted by Crippen LogP contribution is 2.25. The smallest absolute Gasteiger partial charge is 0.0994 e. The summed E-state index contributed by atoms with van der Waals surface area (Å²) in [4.78, 5) is 4.25. The third kappa shape index (κ3) is 2.57. The Morgan fingerprint density at radius 2 is 1.94 bits per heavy atom. The Balaban J connectivity index is 2.41. The molecule has 2 rings (SSSR count). The van der Waals surface area contributed by atoms with E-state index in [1.807, 2.05) is 36.8 Å². The van der Waals surface area contributed by atoms with Gasteiger partial charge in [0.1, 0.15) is 0 Å². The Hall–Kier alpha value is -1.32. The van der Waals surface area contributed by atoms with Crippen molar-refractivity contribution in [2.75, 3.05) is 6.54 Å². The molecule has 0 bridgehead atoms. The van der Waals surface area contributed by atoms with Gasteiger partial charge >= 0.3 is 0 Å². The Labute approximate surface area is 113 Å². The molecule has 0 radical (unpaired) electrons. The lowest BCUT2D eigenvalue weighted by atomic mass is 9.93. The van der Waals surface area contributed by atoms with Crippen molar-refractivity contribution in [2.24, 2.45) is 11.7 Å². The number of hydrogen-bond donors (Lipinski definition) is 1. The normalized spacial score (nSPS) is 12.9. The maximum atomic E-state index is 5.91. The number of halogens is 1. The van der Waals surface area contributed by atoms with Crippen LogP contribution in [0.15, 0.2) is 36.8 Å². The quantitative estimate of drug-likeness (QED) is 0.920. The summed E-state index contributed by atoms with van der Waals surface area (Å²) in [7, 11) is 0. The summed E-state index contributed by atoms with van der Waals surface area (Å²) in [5, 5.41) is 0.736. The third-order valence-electron chi connectivity index (χ3n) is 3.21. The molecule has 0 aliphatic rings. The highest BCUT2D eigenvalue weighted by molar-refractivity contribution is 6.30. The van der Waals surface area contributed by atoms with Gasteiger partial charge in [0.15, 0.2) is 0 Å². The summed E-state index contributed by atoms with van der Waals surface area (Å²) in [6, 6.07) is 7.74. The second-order valence-electron chi connectivity index (χ2n) is 4.75. The van der Waals surface area contributed by atoms with Gasteiger partial charge in [-0.25, -0.2) is 4.98 Å². The maximum absolute atomic E-state index is 5.91. The highest BCUT2D eigenvalue weighted by atomic mass is 35.5. The molecule has 0 spiro atoms. The predicted octanol–water partition coefficient (Wildman–Crippen LogP) is 3.22. The van der Waals surface area contributed by atoms with Crippen LogP contribution in [0.2, 0.25) is 5.02 Å². The van der Waals surface area contributed by atoms with E-state index in [0.29, 0.717) is 18.4 Å². The zero-order valence-corrected chi connectivity index (χ0v) is 11.4. The fourth-order valence-corrected chi connectivity index (χ4v) is 2.26. The van der Waals surface area contributed by atoms with Gasteiger partial charge in [-0.2, -0.15) is 0 Å². The second-order valence-corrected chi connectivity index (χ2v) is 5.19. The van der Waals surface area contributed by atoms with E-state index in [-0.39, 0.29) is 0 Å². The molecule has 1 aromatic heterocycles. The third-order valence-corrected chi connectivity index (χ3v) is 3.46. The van der Waals surface area contributed by atoms with Crippen molar-refractivity contribution in [1.82, 2.24) is 9.55 Å². The van der Waals surface area contributed by atoms with Crippen molar-refractivity contribution in [1.29, 1.82) is 0 Å². The van der Waals surface area contributed by atoms with Crippen molar-refractivity contribution in [3.8, 4) is 5.69 Å². The molecule has 1 unspecified atom stereocenters. The molecule has 0 saturated carbocycles. The number of benzene rings is 1. The van der Waals surface area contributed by atoms with Gasteiger partial charge in [0, 0.05) is 35.1 Å². The van der Waals surface area contributed by atoms with Crippen molar-refractivity contribution in [3.05, 3.63) is 47.5 Å². The lowest BCUT2D eigenvalue weighted by molar-refractivity contribution is 0.490. The fraction of sp³-hybridized carbons (Fsp3) is 0.357. The van der Waals surface area contributed by atoms with Crippen molar-refractivity contribution in [2.45, 2.75) is 19.8 Å². The van der Waals surface area contributed by atoms with Crippen molar-refractivity contribution in [3.63, 3.8) is 0 Å². The summed E-state index contributed by atoms with van der Waals surface area (Å²) in [5.41, 5.74) is 8.08. The molecular weight excluding hydrogens is 246 g/mol. The molecule has 1 heterocycles. The highest BCUT2D eigenvalue weighted by Gasteiger charge is 2.18. The first-order valence-corrected chi connectivity index (χ1v) is 6.49. The Kier molecular flexibility index (Phi) is 4.04.